The van der Waals surface area contributed by atoms with Gasteiger partial charge in [0, 0.05) is 44.5 Å². The third kappa shape index (κ3) is 6.43. The molecule has 0 saturated carbocycles. The molecule has 2 aliphatic rings. The first-order valence-electron chi connectivity index (χ1n) is 22.7. The van der Waals surface area contributed by atoms with Gasteiger partial charge in [-0.2, -0.15) is 0 Å². The van der Waals surface area contributed by atoms with E-state index in [-0.39, 0.29) is 0 Å². The smallest absolute Gasteiger partial charge is 0.164 e. The second kappa shape index (κ2) is 16.0. The van der Waals surface area contributed by atoms with Crippen molar-refractivity contribution in [3.63, 3.8) is 0 Å². The first-order valence-corrected chi connectivity index (χ1v) is 22.7. The molecule has 1 aliphatic carbocycles. The third-order valence-electron chi connectivity index (χ3n) is 13.0. The minimum atomic E-state index is -0.832. The lowest BCUT2D eigenvalue weighted by Crippen LogP contribution is -2.32. The Morgan fingerprint density at radius 3 is 1.19 bits per heavy atom. The van der Waals surface area contributed by atoms with Crippen LogP contribution in [0.3, 0.4) is 0 Å². The van der Waals surface area contributed by atoms with Crippen LogP contribution < -0.4 is 4.74 Å². The Kier molecular flexibility index (Phi) is 9.25. The van der Waals surface area contributed by atoms with E-state index in [2.05, 4.69) is 133 Å². The number of hydrogen-bond acceptors (Lipinski definition) is 7. The van der Waals surface area contributed by atoms with E-state index >= 15 is 0 Å². The van der Waals surface area contributed by atoms with Crippen molar-refractivity contribution in [3.8, 4) is 102 Å². The molecule has 0 unspecified atom stereocenters. The number of para-hydroxylation sites is 2. The summed E-state index contributed by atoms with van der Waals surface area (Å²) >= 11 is 0. The summed E-state index contributed by atoms with van der Waals surface area (Å²) < 4.78 is 6.78. The fraction of sp³-hybridized carbons (Fsp3) is 0.0164. The first-order chi connectivity index (χ1) is 33.7. The zero-order valence-corrected chi connectivity index (χ0v) is 36.5. The molecule has 0 radical (unpaired) electrons. The van der Waals surface area contributed by atoms with Gasteiger partial charge >= 0.3 is 0 Å². The predicted octanol–water partition coefficient (Wildman–Crippen LogP) is 14.2. The molecule has 0 N–H and O–H groups in total. The predicted molar refractivity (Wildman–Crippen MR) is 269 cm³/mol. The Hall–Kier alpha value is -9.20. The molecule has 0 amide bonds. The van der Waals surface area contributed by atoms with Crippen LogP contribution in [0.1, 0.15) is 22.3 Å². The molecule has 7 heteroatoms. The van der Waals surface area contributed by atoms with Crippen LogP contribution in [0, 0.1) is 0 Å². The van der Waals surface area contributed by atoms with Crippen LogP contribution in [0.2, 0.25) is 0 Å². The molecular formula is C61H38N6O. The lowest BCUT2D eigenvalue weighted by atomic mass is 9.65. The van der Waals surface area contributed by atoms with Crippen molar-refractivity contribution < 1.29 is 4.74 Å². The summed E-state index contributed by atoms with van der Waals surface area (Å²) in [5, 5.41) is 0. The molecule has 7 nitrogen and oxygen atoms in total. The number of benzene rings is 9. The number of rotatable bonds is 7. The van der Waals surface area contributed by atoms with E-state index in [0.717, 1.165) is 89.4 Å². The third-order valence-corrected chi connectivity index (χ3v) is 13.0. The fourth-order valence-electron chi connectivity index (χ4n) is 10.0. The van der Waals surface area contributed by atoms with Crippen molar-refractivity contribution >= 4 is 0 Å². The summed E-state index contributed by atoms with van der Waals surface area (Å²) in [6.45, 7) is 0. The summed E-state index contributed by atoms with van der Waals surface area (Å²) in [5.74, 6) is 5.13. The van der Waals surface area contributed by atoms with E-state index in [1.807, 2.05) is 97.1 Å². The van der Waals surface area contributed by atoms with Gasteiger partial charge in [0.25, 0.3) is 0 Å². The van der Waals surface area contributed by atoms with Gasteiger partial charge in [-0.3, -0.25) is 0 Å². The summed E-state index contributed by atoms with van der Waals surface area (Å²) in [5.41, 5.74) is 13.1. The number of fused-ring (bicyclic) bond motifs is 9. The maximum absolute atomic E-state index is 6.78. The molecule has 0 bridgehead atoms. The number of aromatic nitrogens is 6. The molecule has 13 rings (SSSR count). The monoisotopic (exact) mass is 870 g/mol. The number of nitrogens with zero attached hydrogens (tertiary/aromatic N) is 6. The van der Waals surface area contributed by atoms with Crippen LogP contribution >= 0.6 is 0 Å². The quantitative estimate of drug-likeness (QED) is 0.158. The van der Waals surface area contributed by atoms with Gasteiger partial charge in [-0.25, -0.2) is 29.9 Å². The van der Waals surface area contributed by atoms with Crippen LogP contribution in [-0.4, -0.2) is 29.9 Å². The average Bonchev–Trinajstić information content (AvgIpc) is 3.71. The SMILES string of the molecule is c1ccc(-c2cccc(-c3nc(-c4ccccc4)nc(-c4cccc5c4C4(c6ccccc6Oc6ccccc64)c4ccc(-c6nc(-c7ccccc7)nc(-c7ccccc7)n6)cc4-5)n3)c2)cc1. The van der Waals surface area contributed by atoms with E-state index in [1.54, 1.807) is 0 Å². The summed E-state index contributed by atoms with van der Waals surface area (Å²) in [4.78, 5) is 31.3. The van der Waals surface area contributed by atoms with E-state index in [1.165, 1.54) is 0 Å². The molecule has 68 heavy (non-hydrogen) atoms. The maximum atomic E-state index is 6.78. The molecule has 0 saturated heterocycles. The lowest BCUT2D eigenvalue weighted by molar-refractivity contribution is 0.436. The van der Waals surface area contributed by atoms with Gasteiger partial charge in [-0.05, 0) is 57.6 Å². The van der Waals surface area contributed by atoms with Gasteiger partial charge < -0.3 is 4.74 Å². The molecule has 1 spiro atoms. The summed E-state index contributed by atoms with van der Waals surface area (Å²) in [6.07, 6.45) is 0. The highest BCUT2D eigenvalue weighted by atomic mass is 16.5. The molecule has 1 aliphatic heterocycles. The summed E-state index contributed by atoms with van der Waals surface area (Å²) in [7, 11) is 0. The Labute approximate surface area is 393 Å². The Bertz CT molecular complexity index is 3610. The highest BCUT2D eigenvalue weighted by molar-refractivity contribution is 5.95. The second-order valence-electron chi connectivity index (χ2n) is 17.0. The van der Waals surface area contributed by atoms with Crippen molar-refractivity contribution in [2.75, 3.05) is 0 Å². The highest BCUT2D eigenvalue weighted by Crippen LogP contribution is 2.64. The van der Waals surface area contributed by atoms with Gasteiger partial charge in [0.15, 0.2) is 34.9 Å². The Morgan fingerprint density at radius 1 is 0.250 bits per heavy atom. The number of hydrogen-bond donors (Lipinski definition) is 0. The second-order valence-corrected chi connectivity index (χ2v) is 17.0. The standard InChI is InChI=1S/C61H38N6O/c1-5-19-39(20-6-1)43-27-17-28-44(37-43)58-65-57(42-25-11-4-12-26-42)66-60(67-58)47-30-18-29-46-48-38-45(59-63-55(40-21-7-2-8-22-40)62-56(64-59)41-23-9-3-10-24-41)35-36-49(48)61(54(46)47)50-31-13-15-33-52(50)68-53-34-16-14-32-51(53)61/h1-38H. The van der Waals surface area contributed by atoms with Gasteiger partial charge in [-0.1, -0.05) is 206 Å². The molecule has 0 atom stereocenters. The van der Waals surface area contributed by atoms with E-state index in [9.17, 15) is 0 Å². The maximum Gasteiger partial charge on any atom is 0.164 e. The van der Waals surface area contributed by atoms with Gasteiger partial charge in [-0.15, -0.1) is 0 Å². The average molecular weight is 871 g/mol. The minimum Gasteiger partial charge on any atom is -0.457 e. The van der Waals surface area contributed by atoms with Crippen molar-refractivity contribution in [2.45, 2.75) is 5.41 Å². The molecule has 0 fully saturated rings. The molecule has 11 aromatic rings. The van der Waals surface area contributed by atoms with E-state index < -0.39 is 5.41 Å². The molecule has 318 valence electrons. The lowest BCUT2D eigenvalue weighted by Gasteiger charge is -2.40. The van der Waals surface area contributed by atoms with Gasteiger partial charge in [0.2, 0.25) is 0 Å². The van der Waals surface area contributed by atoms with Crippen LogP contribution in [0.25, 0.3) is 90.6 Å². The van der Waals surface area contributed by atoms with Crippen molar-refractivity contribution in [3.05, 3.63) is 253 Å². The van der Waals surface area contributed by atoms with Crippen LogP contribution in [0.15, 0.2) is 231 Å². The van der Waals surface area contributed by atoms with E-state index in [4.69, 9.17) is 34.6 Å². The molecule has 3 heterocycles. The van der Waals surface area contributed by atoms with Crippen LogP contribution in [-0.2, 0) is 5.41 Å². The van der Waals surface area contributed by atoms with E-state index in [0.29, 0.717) is 34.9 Å². The minimum absolute atomic E-state index is 0.571. The van der Waals surface area contributed by atoms with Crippen LogP contribution in [0.4, 0.5) is 0 Å². The molecule has 9 aromatic carbocycles. The first kappa shape index (κ1) is 39.2. The number of ether oxygens (including phenoxy) is 1. The zero-order chi connectivity index (χ0) is 45.0. The fourth-order valence-corrected chi connectivity index (χ4v) is 10.0. The normalized spacial score (nSPS) is 12.6. The molecule has 2 aromatic heterocycles. The Balaban J connectivity index is 1.08. The van der Waals surface area contributed by atoms with Gasteiger partial charge in [0.05, 0.1) is 5.41 Å². The molecular weight excluding hydrogens is 833 g/mol. The van der Waals surface area contributed by atoms with Crippen molar-refractivity contribution in [2.24, 2.45) is 0 Å². The van der Waals surface area contributed by atoms with Crippen molar-refractivity contribution in [1.29, 1.82) is 0 Å². The highest BCUT2D eigenvalue weighted by Gasteiger charge is 2.52. The summed E-state index contributed by atoms with van der Waals surface area (Å²) in [6, 6.07) is 79.1. The van der Waals surface area contributed by atoms with Gasteiger partial charge in [0.1, 0.15) is 11.5 Å². The largest absolute Gasteiger partial charge is 0.457 e. The van der Waals surface area contributed by atoms with Crippen molar-refractivity contribution in [1.82, 2.24) is 29.9 Å². The topological polar surface area (TPSA) is 86.6 Å². The van der Waals surface area contributed by atoms with Crippen LogP contribution in [0.5, 0.6) is 11.5 Å². The Morgan fingerprint density at radius 2 is 0.647 bits per heavy atom. The zero-order valence-electron chi connectivity index (χ0n) is 36.5.